The number of morpholine rings is 1. The van der Waals surface area contributed by atoms with Crippen LogP contribution >= 0.6 is 0 Å². The van der Waals surface area contributed by atoms with Gasteiger partial charge in [0.15, 0.2) is 5.82 Å². The largest absolute Gasteiger partial charge is 0.419 e. The van der Waals surface area contributed by atoms with E-state index in [0.29, 0.717) is 17.5 Å². The molecule has 1 aliphatic rings. The third-order valence-electron chi connectivity index (χ3n) is 6.15. The van der Waals surface area contributed by atoms with Crippen molar-refractivity contribution in [2.75, 3.05) is 18.4 Å². The number of nitrogens with one attached hydrogen (secondary N) is 1. The molecule has 0 bridgehead atoms. The molecule has 4 rings (SSSR count). The van der Waals surface area contributed by atoms with Gasteiger partial charge in [0.2, 0.25) is 0 Å². The Balaban J connectivity index is 1.67. The minimum absolute atomic E-state index is 0.00390. The lowest BCUT2D eigenvalue weighted by Crippen LogP contribution is -2.58. The Hall–Kier alpha value is -3.81. The molecule has 14 heteroatoms. The number of ether oxygens (including phenoxy) is 1. The van der Waals surface area contributed by atoms with E-state index in [0.717, 1.165) is 0 Å². The number of hydrogen-bond donors (Lipinski definition) is 1. The molecule has 3 aromatic rings. The van der Waals surface area contributed by atoms with Gasteiger partial charge in [-0.05, 0) is 45.0 Å². The van der Waals surface area contributed by atoms with E-state index in [-0.39, 0.29) is 30.7 Å². The van der Waals surface area contributed by atoms with Crippen molar-refractivity contribution in [2.45, 2.75) is 51.4 Å². The van der Waals surface area contributed by atoms with Crippen LogP contribution in [0.2, 0.25) is 0 Å². The summed E-state index contributed by atoms with van der Waals surface area (Å²) in [7, 11) is 0. The normalized spacial score (nSPS) is 20.1. The van der Waals surface area contributed by atoms with Crippen molar-refractivity contribution in [2.24, 2.45) is 0 Å². The minimum Gasteiger partial charge on any atom is -0.372 e. The number of alkyl halides is 6. The monoisotopic (exact) mass is 554 g/mol. The molecule has 39 heavy (non-hydrogen) atoms. The average molecular weight is 554 g/mol. The fourth-order valence-electron chi connectivity index (χ4n) is 4.33. The van der Waals surface area contributed by atoms with Gasteiger partial charge in [-0.15, -0.1) is 0 Å². The van der Waals surface area contributed by atoms with Crippen LogP contribution in [0, 0.1) is 6.92 Å². The highest BCUT2D eigenvalue weighted by molar-refractivity contribution is 5.98. The lowest BCUT2D eigenvalue weighted by atomic mass is 10.0. The molecule has 4 heterocycles. The molecular formula is C25H24F6N6O2. The number of amides is 1. The van der Waals surface area contributed by atoms with Gasteiger partial charge in [0.1, 0.15) is 11.5 Å². The quantitative estimate of drug-likeness (QED) is 0.444. The number of aromatic nitrogens is 4. The first kappa shape index (κ1) is 28.2. The van der Waals surface area contributed by atoms with Crippen LogP contribution in [0.3, 0.4) is 0 Å². The predicted octanol–water partition coefficient (Wildman–Crippen LogP) is 5.01. The van der Waals surface area contributed by atoms with Gasteiger partial charge < -0.3 is 15.0 Å². The highest BCUT2D eigenvalue weighted by atomic mass is 19.4. The van der Waals surface area contributed by atoms with Crippen molar-refractivity contribution in [3.63, 3.8) is 0 Å². The highest BCUT2D eigenvalue weighted by Crippen LogP contribution is 2.38. The van der Waals surface area contributed by atoms with Crippen LogP contribution in [0.5, 0.6) is 0 Å². The summed E-state index contributed by atoms with van der Waals surface area (Å²) in [5, 5.41) is 2.49. The van der Waals surface area contributed by atoms with E-state index in [9.17, 15) is 31.1 Å². The van der Waals surface area contributed by atoms with E-state index < -0.39 is 53.5 Å². The second-order valence-electron chi connectivity index (χ2n) is 9.09. The number of carbonyl (C=O) groups excluding carboxylic acids is 1. The maximum Gasteiger partial charge on any atom is 0.419 e. The number of pyridine rings is 2. The van der Waals surface area contributed by atoms with Crippen molar-refractivity contribution >= 4 is 11.7 Å². The van der Waals surface area contributed by atoms with Crippen molar-refractivity contribution in [3.05, 3.63) is 65.4 Å². The molecule has 1 N–H and O–H groups in total. The Morgan fingerprint density at radius 1 is 1.08 bits per heavy atom. The van der Waals surface area contributed by atoms with Crippen LogP contribution in [0.15, 0.2) is 42.9 Å². The van der Waals surface area contributed by atoms with E-state index in [2.05, 4.69) is 25.3 Å². The molecule has 1 amide bonds. The number of aryl methyl sites for hydroxylation is 1. The first-order valence-electron chi connectivity index (χ1n) is 11.9. The maximum atomic E-state index is 13.8. The molecule has 1 saturated heterocycles. The number of anilines is 1. The topological polar surface area (TPSA) is 93.1 Å². The Bertz CT molecular complexity index is 1330. The molecule has 3 aromatic heterocycles. The van der Waals surface area contributed by atoms with E-state index in [1.54, 1.807) is 39.0 Å². The molecule has 0 radical (unpaired) electrons. The van der Waals surface area contributed by atoms with Gasteiger partial charge in [-0.2, -0.15) is 26.3 Å². The van der Waals surface area contributed by atoms with Gasteiger partial charge in [0.25, 0.3) is 5.91 Å². The number of carbonyl (C=O) groups is 1. The molecule has 0 aromatic carbocycles. The molecule has 0 unspecified atom stereocenters. The summed E-state index contributed by atoms with van der Waals surface area (Å²) in [4.78, 5) is 31.5. The molecule has 8 nitrogen and oxygen atoms in total. The van der Waals surface area contributed by atoms with Crippen molar-refractivity contribution in [1.82, 2.24) is 24.8 Å². The molecule has 0 spiro atoms. The Morgan fingerprint density at radius 2 is 1.77 bits per heavy atom. The molecule has 1 aliphatic heterocycles. The lowest BCUT2D eigenvalue weighted by molar-refractivity contribution is -0.143. The van der Waals surface area contributed by atoms with Gasteiger partial charge in [-0.1, -0.05) is 0 Å². The van der Waals surface area contributed by atoms with Crippen molar-refractivity contribution < 1.29 is 35.9 Å². The fourth-order valence-corrected chi connectivity index (χ4v) is 4.33. The van der Waals surface area contributed by atoms with Crippen molar-refractivity contribution in [3.8, 4) is 11.4 Å². The number of rotatable bonds is 5. The SMILES string of the molecule is Cc1ccc(-c2ncccn2)c(C(=O)N2C[C@@H](C)O[C@@H](C)[C@H]2CNc2ncc(C(F)(F)F)cc2C(F)(F)F)n1. The lowest BCUT2D eigenvalue weighted by Gasteiger charge is -2.43. The van der Waals surface area contributed by atoms with E-state index in [1.807, 2.05) is 0 Å². The number of halogens is 6. The second-order valence-corrected chi connectivity index (χ2v) is 9.09. The molecule has 0 saturated carbocycles. The van der Waals surface area contributed by atoms with Gasteiger partial charge >= 0.3 is 12.4 Å². The number of hydrogen-bond acceptors (Lipinski definition) is 7. The molecule has 208 valence electrons. The van der Waals surface area contributed by atoms with Crippen LogP contribution < -0.4 is 5.32 Å². The van der Waals surface area contributed by atoms with Crippen LogP contribution in [0.1, 0.15) is 41.2 Å². The molecule has 0 aliphatic carbocycles. The zero-order valence-electron chi connectivity index (χ0n) is 21.0. The van der Waals surface area contributed by atoms with Crippen molar-refractivity contribution in [1.29, 1.82) is 0 Å². The zero-order valence-corrected chi connectivity index (χ0v) is 21.0. The fraction of sp³-hybridized carbons (Fsp3) is 0.400. The van der Waals surface area contributed by atoms with Gasteiger partial charge in [-0.25, -0.2) is 19.9 Å². The summed E-state index contributed by atoms with van der Waals surface area (Å²) in [6.07, 6.45) is -7.81. The third kappa shape index (κ3) is 6.27. The average Bonchev–Trinajstić information content (AvgIpc) is 2.86. The Labute approximate surface area is 219 Å². The molecule has 1 fully saturated rings. The summed E-state index contributed by atoms with van der Waals surface area (Å²) < 4.78 is 85.8. The second kappa shape index (κ2) is 10.8. The van der Waals surface area contributed by atoms with Crippen LogP contribution in [0.25, 0.3) is 11.4 Å². The summed E-state index contributed by atoms with van der Waals surface area (Å²) >= 11 is 0. The minimum atomic E-state index is -5.11. The van der Waals surface area contributed by atoms with Gasteiger partial charge in [-0.3, -0.25) is 4.79 Å². The smallest absolute Gasteiger partial charge is 0.372 e. The predicted molar refractivity (Wildman–Crippen MR) is 128 cm³/mol. The van der Waals surface area contributed by atoms with Crippen LogP contribution in [0.4, 0.5) is 32.2 Å². The first-order chi connectivity index (χ1) is 18.3. The van der Waals surface area contributed by atoms with E-state index in [4.69, 9.17) is 4.74 Å². The number of nitrogens with zero attached hydrogens (tertiary/aromatic N) is 5. The summed E-state index contributed by atoms with van der Waals surface area (Å²) in [5.74, 6) is -1.05. The third-order valence-corrected chi connectivity index (χ3v) is 6.15. The summed E-state index contributed by atoms with van der Waals surface area (Å²) in [6.45, 7) is 4.89. The summed E-state index contributed by atoms with van der Waals surface area (Å²) in [6, 6.07) is 4.16. The summed E-state index contributed by atoms with van der Waals surface area (Å²) in [5.41, 5.74) is -2.13. The van der Waals surface area contributed by atoms with E-state index in [1.165, 1.54) is 17.3 Å². The Kier molecular flexibility index (Phi) is 7.77. The highest BCUT2D eigenvalue weighted by Gasteiger charge is 2.41. The van der Waals surface area contributed by atoms with Gasteiger partial charge in [0.05, 0.1) is 34.9 Å². The zero-order chi connectivity index (χ0) is 28.5. The molecule has 3 atom stereocenters. The standard InChI is InChI=1S/C25H24F6N6O2/c1-13-5-6-17(21-32-7-4-8-33-21)20(36-13)23(38)37-12-14(2)39-15(3)19(37)11-35-22-18(25(29,30)31)9-16(10-34-22)24(26,27)28/h4-10,14-15,19H,11-12H2,1-3H3,(H,34,35)/t14-,15+,19-/m1/s1. The molecular weight excluding hydrogens is 530 g/mol. The first-order valence-corrected chi connectivity index (χ1v) is 11.9. The van der Waals surface area contributed by atoms with E-state index >= 15 is 0 Å². The van der Waals surface area contributed by atoms with Gasteiger partial charge in [0, 0.05) is 37.4 Å². The Morgan fingerprint density at radius 3 is 2.41 bits per heavy atom. The van der Waals surface area contributed by atoms with Crippen LogP contribution in [-0.2, 0) is 17.1 Å². The maximum absolute atomic E-state index is 13.8. The van der Waals surface area contributed by atoms with Crippen LogP contribution in [-0.4, -0.2) is 62.1 Å².